The van der Waals surface area contributed by atoms with E-state index in [4.69, 9.17) is 23.2 Å². The molecule has 0 saturated heterocycles. The van der Waals surface area contributed by atoms with Crippen molar-refractivity contribution in [1.82, 2.24) is 4.98 Å². The first-order valence-electron chi connectivity index (χ1n) is 7.09. The Kier molecular flexibility index (Phi) is 5.89. The molecule has 5 nitrogen and oxygen atoms in total. The molecule has 1 atom stereocenters. The summed E-state index contributed by atoms with van der Waals surface area (Å²) in [6.45, 7) is 0. The van der Waals surface area contributed by atoms with Crippen LogP contribution in [0.2, 0.25) is 10.0 Å². The molecule has 0 aliphatic rings. The summed E-state index contributed by atoms with van der Waals surface area (Å²) >= 11 is 12.0. The Balaban J connectivity index is 2.04. The highest BCUT2D eigenvalue weighted by Crippen LogP contribution is 2.33. The van der Waals surface area contributed by atoms with Gasteiger partial charge < -0.3 is 9.79 Å². The smallest absolute Gasteiger partial charge is 0.187 e. The number of halogens is 2. The van der Waals surface area contributed by atoms with E-state index in [1.807, 2.05) is 24.3 Å². The van der Waals surface area contributed by atoms with Crippen LogP contribution in [0.1, 0.15) is 0 Å². The molecule has 9 heteroatoms. The molecule has 2 aromatic carbocycles. The van der Waals surface area contributed by atoms with Crippen molar-refractivity contribution in [2.45, 2.75) is 4.90 Å². The number of anilines is 1. The maximum atomic E-state index is 13.0. The van der Waals surface area contributed by atoms with E-state index in [2.05, 4.69) is 4.98 Å². The Morgan fingerprint density at radius 1 is 1.08 bits per heavy atom. The SMILES string of the molecule is O=S(c1cc(Cl)cc(Cl)c1)N(CP(O)O)c1cnc2ccccc2c1. The fourth-order valence-electron chi connectivity index (χ4n) is 2.30. The van der Waals surface area contributed by atoms with E-state index in [1.165, 1.54) is 22.5 Å². The molecule has 130 valence electrons. The minimum absolute atomic E-state index is 0.202. The third-order valence-corrected chi connectivity index (χ3v) is 5.90. The number of para-hydroxylation sites is 1. The third kappa shape index (κ3) is 4.47. The standard InChI is InChI=1S/C16H13Cl2N2O3PS/c17-12-6-13(18)8-15(7-12)25(23)20(10-24(21)22)14-5-11-3-1-2-4-16(11)19-9-14/h1-9,21-22H,10H2. The summed E-state index contributed by atoms with van der Waals surface area (Å²) in [7, 11) is -4.04. The van der Waals surface area contributed by atoms with Gasteiger partial charge >= 0.3 is 0 Å². The zero-order valence-electron chi connectivity index (χ0n) is 12.7. The van der Waals surface area contributed by atoms with Gasteiger partial charge in [-0.15, -0.1) is 0 Å². The second-order valence-electron chi connectivity index (χ2n) is 5.13. The highest BCUT2D eigenvalue weighted by molar-refractivity contribution is 7.86. The molecule has 0 aliphatic heterocycles. The van der Waals surface area contributed by atoms with Gasteiger partial charge in [-0.05, 0) is 30.3 Å². The van der Waals surface area contributed by atoms with Crippen molar-refractivity contribution >= 4 is 59.2 Å². The van der Waals surface area contributed by atoms with Gasteiger partial charge in [0.25, 0.3) is 0 Å². The van der Waals surface area contributed by atoms with E-state index in [0.717, 1.165) is 10.9 Å². The Hall–Kier alpha value is -1.27. The molecule has 3 rings (SSSR count). The van der Waals surface area contributed by atoms with Crippen LogP contribution < -0.4 is 4.31 Å². The summed E-state index contributed by atoms with van der Waals surface area (Å²) < 4.78 is 14.4. The molecule has 1 heterocycles. The van der Waals surface area contributed by atoms with Crippen LogP contribution in [0.5, 0.6) is 0 Å². The quantitative estimate of drug-likeness (QED) is 0.609. The molecule has 2 N–H and O–H groups in total. The van der Waals surface area contributed by atoms with Crippen molar-refractivity contribution < 1.29 is 14.0 Å². The number of nitrogens with zero attached hydrogens (tertiary/aromatic N) is 2. The highest BCUT2D eigenvalue weighted by atomic mass is 35.5. The van der Waals surface area contributed by atoms with Gasteiger partial charge in [0.15, 0.2) is 19.4 Å². The fraction of sp³-hybridized carbons (Fsp3) is 0.0625. The predicted molar refractivity (Wildman–Crippen MR) is 103 cm³/mol. The first-order chi connectivity index (χ1) is 11.9. The van der Waals surface area contributed by atoms with E-state index >= 15 is 0 Å². The monoisotopic (exact) mass is 414 g/mol. The van der Waals surface area contributed by atoms with Gasteiger partial charge in [0, 0.05) is 15.4 Å². The van der Waals surface area contributed by atoms with Gasteiger partial charge in [-0.25, -0.2) is 4.21 Å². The minimum atomic E-state index is -2.31. The van der Waals surface area contributed by atoms with Crippen LogP contribution in [-0.4, -0.2) is 25.3 Å². The number of pyridine rings is 1. The van der Waals surface area contributed by atoms with Crippen molar-refractivity contribution in [3.05, 3.63) is 64.8 Å². The lowest BCUT2D eigenvalue weighted by atomic mass is 10.2. The van der Waals surface area contributed by atoms with Crippen molar-refractivity contribution in [2.75, 3.05) is 10.6 Å². The third-order valence-electron chi connectivity index (χ3n) is 3.36. The zero-order chi connectivity index (χ0) is 18.0. The topological polar surface area (TPSA) is 73.7 Å². The minimum Gasteiger partial charge on any atom is -0.349 e. The molecule has 1 aromatic heterocycles. The van der Waals surface area contributed by atoms with Crippen LogP contribution >= 0.6 is 31.6 Å². The zero-order valence-corrected chi connectivity index (χ0v) is 15.9. The molecule has 0 saturated carbocycles. The largest absolute Gasteiger partial charge is 0.349 e. The number of hydrogen-bond donors (Lipinski definition) is 2. The van der Waals surface area contributed by atoms with Crippen LogP contribution in [0.15, 0.2) is 59.6 Å². The summed E-state index contributed by atoms with van der Waals surface area (Å²) in [4.78, 5) is 23.6. The van der Waals surface area contributed by atoms with Crippen LogP contribution in [-0.2, 0) is 11.0 Å². The lowest BCUT2D eigenvalue weighted by molar-refractivity contribution is 0.483. The van der Waals surface area contributed by atoms with Gasteiger partial charge in [0.2, 0.25) is 0 Å². The van der Waals surface area contributed by atoms with Gasteiger partial charge in [-0.1, -0.05) is 41.4 Å². The average Bonchev–Trinajstić information content (AvgIpc) is 2.57. The van der Waals surface area contributed by atoms with E-state index in [1.54, 1.807) is 12.3 Å². The van der Waals surface area contributed by atoms with E-state index in [-0.39, 0.29) is 6.29 Å². The van der Waals surface area contributed by atoms with Crippen molar-refractivity contribution in [3.63, 3.8) is 0 Å². The molecule has 0 radical (unpaired) electrons. The lowest BCUT2D eigenvalue weighted by Gasteiger charge is -2.24. The first-order valence-corrected chi connectivity index (χ1v) is 10.4. The van der Waals surface area contributed by atoms with Crippen molar-refractivity contribution in [3.8, 4) is 0 Å². The lowest BCUT2D eigenvalue weighted by Crippen LogP contribution is -2.26. The van der Waals surface area contributed by atoms with Crippen LogP contribution in [0.25, 0.3) is 10.9 Å². The molecule has 3 aromatic rings. The normalized spacial score (nSPS) is 12.5. The summed E-state index contributed by atoms with van der Waals surface area (Å²) in [5.41, 5.74) is 1.29. The van der Waals surface area contributed by atoms with Gasteiger partial charge in [-0.3, -0.25) is 9.29 Å². The predicted octanol–water partition coefficient (Wildman–Crippen LogP) is 4.32. The Morgan fingerprint density at radius 2 is 1.76 bits per heavy atom. The van der Waals surface area contributed by atoms with E-state index in [0.29, 0.717) is 20.6 Å². The number of rotatable bonds is 5. The molecule has 1 unspecified atom stereocenters. The maximum absolute atomic E-state index is 13.0. The summed E-state index contributed by atoms with van der Waals surface area (Å²) in [6.07, 6.45) is 1.34. The Labute approximate surface area is 158 Å². The van der Waals surface area contributed by atoms with Crippen molar-refractivity contribution in [2.24, 2.45) is 0 Å². The van der Waals surface area contributed by atoms with E-state index in [9.17, 15) is 14.0 Å². The molecular weight excluding hydrogens is 402 g/mol. The summed E-state index contributed by atoms with van der Waals surface area (Å²) in [6, 6.07) is 13.9. The van der Waals surface area contributed by atoms with Crippen molar-refractivity contribution in [1.29, 1.82) is 0 Å². The van der Waals surface area contributed by atoms with Crippen LogP contribution in [0.3, 0.4) is 0 Å². The van der Waals surface area contributed by atoms with Crippen LogP contribution in [0.4, 0.5) is 5.69 Å². The fourth-order valence-corrected chi connectivity index (χ4v) is 5.08. The number of fused-ring (bicyclic) bond motifs is 1. The molecular formula is C16H13Cl2N2O3PS. The molecule has 0 spiro atoms. The second-order valence-corrected chi connectivity index (χ2v) is 8.44. The van der Waals surface area contributed by atoms with E-state index < -0.39 is 19.4 Å². The molecule has 0 amide bonds. The average molecular weight is 415 g/mol. The summed E-state index contributed by atoms with van der Waals surface area (Å²) in [5, 5.41) is 1.55. The second kappa shape index (κ2) is 7.96. The van der Waals surface area contributed by atoms with Gasteiger partial charge in [0.05, 0.1) is 22.3 Å². The molecule has 25 heavy (non-hydrogen) atoms. The molecule has 0 bridgehead atoms. The number of aromatic nitrogens is 1. The Bertz CT molecular complexity index is 922. The first kappa shape index (κ1) is 18.5. The van der Waals surface area contributed by atoms with Crippen LogP contribution in [0, 0.1) is 0 Å². The van der Waals surface area contributed by atoms with Gasteiger partial charge in [-0.2, -0.15) is 0 Å². The number of hydrogen-bond acceptors (Lipinski definition) is 4. The maximum Gasteiger partial charge on any atom is 0.187 e. The molecule has 0 fully saturated rings. The number of benzene rings is 2. The Morgan fingerprint density at radius 3 is 2.44 bits per heavy atom. The highest BCUT2D eigenvalue weighted by Gasteiger charge is 2.21. The van der Waals surface area contributed by atoms with Gasteiger partial charge in [0.1, 0.15) is 6.29 Å². The summed E-state index contributed by atoms with van der Waals surface area (Å²) in [5.74, 6) is 0. The molecule has 0 aliphatic carbocycles.